The molecule has 0 atom stereocenters. The Balaban J connectivity index is 1.77. The van der Waals surface area contributed by atoms with E-state index in [4.69, 9.17) is 5.73 Å². The topological polar surface area (TPSA) is 114 Å². The molecule has 1 aromatic heterocycles. The van der Waals surface area contributed by atoms with Crippen molar-refractivity contribution in [2.24, 2.45) is 5.73 Å². The number of imide groups is 2. The second kappa shape index (κ2) is 6.95. The number of nitrogens with one attached hydrogen (secondary N) is 1. The molecule has 0 unspecified atom stereocenters. The first-order valence-corrected chi connectivity index (χ1v) is 9.22. The highest BCUT2D eigenvalue weighted by Crippen LogP contribution is 2.29. The summed E-state index contributed by atoms with van der Waals surface area (Å²) in [6.07, 6.45) is 6.56. The van der Waals surface area contributed by atoms with Gasteiger partial charge in [0, 0.05) is 28.7 Å². The quantitative estimate of drug-likeness (QED) is 0.618. The van der Waals surface area contributed by atoms with Gasteiger partial charge >= 0.3 is 6.03 Å². The smallest absolute Gasteiger partial charge is 0.331 e. The van der Waals surface area contributed by atoms with Crippen LogP contribution >= 0.6 is 0 Å². The fraction of sp³-hybridized carbons (Fsp3) is 0.300. The number of carbonyl (C=O) groups is 4. The Morgan fingerprint density at radius 2 is 1.89 bits per heavy atom. The zero-order valence-electron chi connectivity index (χ0n) is 15.2. The molecule has 5 amide bonds. The van der Waals surface area contributed by atoms with E-state index in [0.717, 1.165) is 36.6 Å². The van der Waals surface area contributed by atoms with Crippen LogP contribution in [0.25, 0.3) is 17.0 Å². The summed E-state index contributed by atoms with van der Waals surface area (Å²) < 4.78 is 1.68. The molecular formula is C20H20N4O4. The van der Waals surface area contributed by atoms with Crippen LogP contribution in [0.1, 0.15) is 31.2 Å². The summed E-state index contributed by atoms with van der Waals surface area (Å²) in [4.78, 5) is 50.1. The first-order valence-electron chi connectivity index (χ1n) is 9.22. The largest absolute Gasteiger partial charge is 0.368 e. The van der Waals surface area contributed by atoms with Gasteiger partial charge in [-0.2, -0.15) is 0 Å². The Kier molecular flexibility index (Phi) is 4.46. The molecule has 2 aromatic rings. The average Bonchev–Trinajstić information content (AvgIpc) is 3.27. The second-order valence-electron chi connectivity index (χ2n) is 7.13. The Morgan fingerprint density at radius 3 is 2.61 bits per heavy atom. The van der Waals surface area contributed by atoms with Gasteiger partial charge in [0.1, 0.15) is 12.1 Å². The van der Waals surface area contributed by atoms with Gasteiger partial charge in [-0.25, -0.2) is 4.79 Å². The summed E-state index contributed by atoms with van der Waals surface area (Å²) in [5.74, 6) is -1.78. The third kappa shape index (κ3) is 3.06. The molecule has 2 heterocycles. The van der Waals surface area contributed by atoms with Crippen LogP contribution in [0.3, 0.4) is 0 Å². The zero-order chi connectivity index (χ0) is 19.8. The van der Waals surface area contributed by atoms with Crippen LogP contribution < -0.4 is 11.1 Å². The first kappa shape index (κ1) is 18.0. The summed E-state index contributed by atoms with van der Waals surface area (Å²) in [5, 5.41) is 3.05. The molecule has 1 saturated heterocycles. The minimum Gasteiger partial charge on any atom is -0.368 e. The Hall–Kier alpha value is -3.42. The number of barbiturate groups is 1. The lowest BCUT2D eigenvalue weighted by molar-refractivity contribution is -0.131. The lowest BCUT2D eigenvalue weighted by Gasteiger charge is -2.31. The molecule has 2 aliphatic rings. The van der Waals surface area contributed by atoms with Crippen molar-refractivity contribution < 1.29 is 19.2 Å². The highest BCUT2D eigenvalue weighted by molar-refractivity contribution is 6.31. The monoisotopic (exact) mass is 380 g/mol. The van der Waals surface area contributed by atoms with Crippen LogP contribution in [0.4, 0.5) is 4.79 Å². The van der Waals surface area contributed by atoms with Gasteiger partial charge in [-0.3, -0.25) is 24.6 Å². The molecule has 28 heavy (non-hydrogen) atoms. The molecule has 1 aromatic carbocycles. The van der Waals surface area contributed by atoms with Crippen LogP contribution in [-0.2, 0) is 20.9 Å². The molecule has 8 nitrogen and oxygen atoms in total. The molecule has 1 aliphatic heterocycles. The molecule has 0 radical (unpaired) electrons. The maximum Gasteiger partial charge on any atom is 0.331 e. The number of benzene rings is 1. The van der Waals surface area contributed by atoms with Crippen molar-refractivity contribution in [1.29, 1.82) is 0 Å². The van der Waals surface area contributed by atoms with Gasteiger partial charge < -0.3 is 10.3 Å². The molecule has 2 fully saturated rings. The maximum atomic E-state index is 13.0. The maximum absolute atomic E-state index is 13.0. The summed E-state index contributed by atoms with van der Waals surface area (Å²) in [7, 11) is 0. The van der Waals surface area contributed by atoms with E-state index in [1.165, 1.54) is 11.0 Å². The van der Waals surface area contributed by atoms with Crippen LogP contribution in [0, 0.1) is 0 Å². The van der Waals surface area contributed by atoms with E-state index >= 15 is 0 Å². The molecule has 144 valence electrons. The number of aromatic nitrogens is 1. The number of para-hydroxylation sites is 1. The van der Waals surface area contributed by atoms with E-state index in [2.05, 4.69) is 5.32 Å². The second-order valence-corrected chi connectivity index (χ2v) is 7.13. The predicted molar refractivity (Wildman–Crippen MR) is 102 cm³/mol. The van der Waals surface area contributed by atoms with Gasteiger partial charge in [0.15, 0.2) is 0 Å². The number of hydrogen-bond acceptors (Lipinski definition) is 4. The summed E-state index contributed by atoms with van der Waals surface area (Å²) in [6, 6.07) is 6.49. The van der Waals surface area contributed by atoms with E-state index in [1.807, 2.05) is 24.3 Å². The van der Waals surface area contributed by atoms with Gasteiger partial charge in [0.25, 0.3) is 11.8 Å². The van der Waals surface area contributed by atoms with Crippen LogP contribution in [0.5, 0.6) is 0 Å². The van der Waals surface area contributed by atoms with Gasteiger partial charge in [0.05, 0.1) is 0 Å². The minimum atomic E-state index is -0.712. The number of carbonyl (C=O) groups excluding carboxylic acids is 4. The molecule has 0 spiro atoms. The molecular weight excluding hydrogens is 360 g/mol. The normalized spacial score (nSPS) is 19.6. The van der Waals surface area contributed by atoms with Gasteiger partial charge in [0.2, 0.25) is 5.91 Å². The van der Waals surface area contributed by atoms with Gasteiger partial charge in [-0.1, -0.05) is 31.0 Å². The number of fused-ring (bicyclic) bond motifs is 1. The standard InChI is InChI=1S/C20H20N4O4/c21-17(25)11-23-10-12(14-7-3-4-8-16(14)23)9-15-18(26)22-20(28)24(19(15)27)13-5-1-2-6-13/h3-4,7-10,13H,1-2,5-6,11H2,(H2,21,25)(H,22,26,28)/b15-9-. The van der Waals surface area contributed by atoms with Crippen LogP contribution in [0.15, 0.2) is 36.0 Å². The highest BCUT2D eigenvalue weighted by Gasteiger charge is 2.40. The van der Waals surface area contributed by atoms with Crippen LogP contribution in [0.2, 0.25) is 0 Å². The molecule has 4 rings (SSSR count). The summed E-state index contributed by atoms with van der Waals surface area (Å²) >= 11 is 0. The van der Waals surface area contributed by atoms with Gasteiger partial charge in [-0.15, -0.1) is 0 Å². The van der Waals surface area contributed by atoms with E-state index < -0.39 is 23.8 Å². The third-order valence-electron chi connectivity index (χ3n) is 5.27. The summed E-state index contributed by atoms with van der Waals surface area (Å²) in [5.41, 5.74) is 6.60. The number of urea groups is 1. The Labute approximate surface area is 161 Å². The fourth-order valence-electron chi connectivity index (χ4n) is 4.01. The zero-order valence-corrected chi connectivity index (χ0v) is 15.2. The predicted octanol–water partition coefficient (Wildman–Crippen LogP) is 1.53. The number of rotatable bonds is 4. The van der Waals surface area contributed by atoms with Crippen molar-refractivity contribution in [2.45, 2.75) is 38.3 Å². The Bertz CT molecular complexity index is 1030. The number of nitrogens with zero attached hydrogens (tertiary/aromatic N) is 2. The molecule has 8 heteroatoms. The molecule has 0 bridgehead atoms. The number of nitrogens with two attached hydrogens (primary N) is 1. The van der Waals surface area contributed by atoms with Crippen molar-refractivity contribution in [1.82, 2.24) is 14.8 Å². The van der Waals surface area contributed by atoms with E-state index in [1.54, 1.807) is 10.8 Å². The lowest BCUT2D eigenvalue weighted by Crippen LogP contribution is -2.57. The van der Waals surface area contributed by atoms with Crippen molar-refractivity contribution in [3.63, 3.8) is 0 Å². The van der Waals surface area contributed by atoms with Crippen LogP contribution in [-0.4, -0.2) is 39.3 Å². The highest BCUT2D eigenvalue weighted by atomic mass is 16.2. The lowest BCUT2D eigenvalue weighted by atomic mass is 10.0. The number of hydrogen-bond donors (Lipinski definition) is 2. The fourth-order valence-corrected chi connectivity index (χ4v) is 4.01. The first-order chi connectivity index (χ1) is 13.5. The van der Waals surface area contributed by atoms with E-state index in [0.29, 0.717) is 5.56 Å². The van der Waals surface area contributed by atoms with Crippen molar-refractivity contribution in [3.05, 3.63) is 41.6 Å². The SMILES string of the molecule is NC(=O)Cn1cc(/C=C2/C(=O)NC(=O)N(C3CCCC3)C2=O)c2ccccc21. The van der Waals surface area contributed by atoms with Crippen molar-refractivity contribution in [3.8, 4) is 0 Å². The summed E-state index contributed by atoms with van der Waals surface area (Å²) in [6.45, 7) is -0.0173. The third-order valence-corrected chi connectivity index (χ3v) is 5.27. The van der Waals surface area contributed by atoms with Crippen molar-refractivity contribution in [2.75, 3.05) is 0 Å². The average molecular weight is 380 g/mol. The molecule has 1 aliphatic carbocycles. The van der Waals surface area contributed by atoms with Crippen molar-refractivity contribution >= 4 is 40.7 Å². The Morgan fingerprint density at radius 1 is 1.18 bits per heavy atom. The molecule has 3 N–H and O–H groups in total. The number of primary amides is 1. The minimum absolute atomic E-state index is 0.0173. The van der Waals surface area contributed by atoms with E-state index in [-0.39, 0.29) is 18.2 Å². The van der Waals surface area contributed by atoms with E-state index in [9.17, 15) is 19.2 Å². The number of amides is 5. The molecule has 1 saturated carbocycles. The van der Waals surface area contributed by atoms with Gasteiger partial charge in [-0.05, 0) is 25.0 Å².